The van der Waals surface area contributed by atoms with Crippen LogP contribution in [0.1, 0.15) is 65.2 Å². The fourth-order valence-electron chi connectivity index (χ4n) is 2.46. The SMILES string of the molecule is CCCCCCCCCCOC(=O)C(C)[Si](OC)(OC)OC. The van der Waals surface area contributed by atoms with E-state index in [1.807, 2.05) is 0 Å². The van der Waals surface area contributed by atoms with E-state index in [9.17, 15) is 4.79 Å². The van der Waals surface area contributed by atoms with Gasteiger partial charge < -0.3 is 18.0 Å². The summed E-state index contributed by atoms with van der Waals surface area (Å²) in [5, 5.41) is 0. The summed E-state index contributed by atoms with van der Waals surface area (Å²) in [6.45, 7) is 4.42. The molecule has 5 nitrogen and oxygen atoms in total. The third-order valence-electron chi connectivity index (χ3n) is 3.98. The van der Waals surface area contributed by atoms with E-state index in [2.05, 4.69) is 6.92 Å². The molecule has 0 radical (unpaired) electrons. The van der Waals surface area contributed by atoms with Gasteiger partial charge in [-0.2, -0.15) is 0 Å². The van der Waals surface area contributed by atoms with Gasteiger partial charge in [0.05, 0.1) is 6.61 Å². The van der Waals surface area contributed by atoms with Gasteiger partial charge in [0.2, 0.25) is 0 Å². The average Bonchev–Trinajstić information content (AvgIpc) is 2.55. The number of carbonyl (C=O) groups is 1. The van der Waals surface area contributed by atoms with Crippen molar-refractivity contribution < 1.29 is 22.8 Å². The molecule has 0 aromatic carbocycles. The Hall–Kier alpha value is -0.433. The predicted molar refractivity (Wildman–Crippen MR) is 89.8 cm³/mol. The van der Waals surface area contributed by atoms with Crippen LogP contribution in [-0.2, 0) is 22.8 Å². The highest BCUT2D eigenvalue weighted by molar-refractivity contribution is 6.65. The molecule has 0 aromatic rings. The maximum Gasteiger partial charge on any atom is 0.514 e. The molecule has 0 aliphatic heterocycles. The summed E-state index contributed by atoms with van der Waals surface area (Å²) in [5.74, 6) is -0.305. The molecule has 6 heteroatoms. The Bertz CT molecular complexity index is 273. The lowest BCUT2D eigenvalue weighted by atomic mass is 10.1. The first-order valence-electron chi connectivity index (χ1n) is 8.40. The molecule has 0 aliphatic carbocycles. The van der Waals surface area contributed by atoms with Crippen LogP contribution in [0.15, 0.2) is 0 Å². The van der Waals surface area contributed by atoms with Crippen LogP contribution in [0.5, 0.6) is 0 Å². The second-order valence-electron chi connectivity index (χ2n) is 5.58. The van der Waals surface area contributed by atoms with Gasteiger partial charge >= 0.3 is 14.8 Å². The molecule has 0 N–H and O–H groups in total. The minimum Gasteiger partial charge on any atom is -0.465 e. The molecule has 0 spiro atoms. The van der Waals surface area contributed by atoms with Crippen molar-refractivity contribution in [2.75, 3.05) is 27.9 Å². The third kappa shape index (κ3) is 7.72. The van der Waals surface area contributed by atoms with Gasteiger partial charge in [-0.25, -0.2) is 0 Å². The van der Waals surface area contributed by atoms with E-state index in [0.29, 0.717) is 6.61 Å². The van der Waals surface area contributed by atoms with E-state index < -0.39 is 14.3 Å². The van der Waals surface area contributed by atoms with Crippen molar-refractivity contribution in [1.29, 1.82) is 0 Å². The second kappa shape index (κ2) is 13.0. The Morgan fingerprint density at radius 2 is 1.32 bits per heavy atom. The van der Waals surface area contributed by atoms with E-state index in [-0.39, 0.29) is 5.97 Å². The Morgan fingerprint density at radius 3 is 1.77 bits per heavy atom. The molecule has 0 saturated heterocycles. The van der Waals surface area contributed by atoms with Crippen molar-refractivity contribution in [2.45, 2.75) is 70.8 Å². The van der Waals surface area contributed by atoms with Gasteiger partial charge in [-0.15, -0.1) is 0 Å². The first kappa shape index (κ1) is 21.6. The molecule has 0 rings (SSSR count). The quantitative estimate of drug-likeness (QED) is 0.274. The summed E-state index contributed by atoms with van der Waals surface area (Å²) in [4.78, 5) is 12.0. The van der Waals surface area contributed by atoms with E-state index >= 15 is 0 Å². The zero-order valence-electron chi connectivity index (χ0n) is 15.0. The molecular formula is C16H34O5Si. The van der Waals surface area contributed by atoms with Crippen molar-refractivity contribution in [3.63, 3.8) is 0 Å². The summed E-state index contributed by atoms with van der Waals surface area (Å²) in [6, 6.07) is 0. The van der Waals surface area contributed by atoms with Crippen LogP contribution in [0, 0.1) is 0 Å². The number of unbranched alkanes of at least 4 members (excludes halogenated alkanes) is 7. The standard InChI is InChI=1S/C16H34O5Si/c1-6-7-8-9-10-11-12-13-14-21-16(17)15(2)22(18-3,19-4)20-5/h15H,6-14H2,1-5H3. The van der Waals surface area contributed by atoms with E-state index in [1.54, 1.807) is 6.92 Å². The number of carbonyl (C=O) groups excluding carboxylic acids is 1. The minimum atomic E-state index is -2.95. The molecule has 132 valence electrons. The molecule has 22 heavy (non-hydrogen) atoms. The lowest BCUT2D eigenvalue weighted by Gasteiger charge is -2.28. The summed E-state index contributed by atoms with van der Waals surface area (Å²) in [6.07, 6.45) is 9.77. The lowest BCUT2D eigenvalue weighted by Crippen LogP contribution is -2.49. The Kier molecular flexibility index (Phi) is 12.8. The van der Waals surface area contributed by atoms with Crippen molar-refractivity contribution in [1.82, 2.24) is 0 Å². The van der Waals surface area contributed by atoms with Crippen LogP contribution >= 0.6 is 0 Å². The maximum atomic E-state index is 12.0. The van der Waals surface area contributed by atoms with Gasteiger partial charge in [0.1, 0.15) is 5.54 Å². The summed E-state index contributed by atoms with van der Waals surface area (Å²) >= 11 is 0. The van der Waals surface area contributed by atoms with Crippen molar-refractivity contribution in [2.24, 2.45) is 0 Å². The van der Waals surface area contributed by atoms with Crippen LogP contribution in [0.2, 0.25) is 5.54 Å². The van der Waals surface area contributed by atoms with Crippen LogP contribution in [0.3, 0.4) is 0 Å². The number of esters is 1. The topological polar surface area (TPSA) is 54.0 Å². The average molecular weight is 335 g/mol. The molecule has 0 fully saturated rings. The van der Waals surface area contributed by atoms with Crippen LogP contribution in [0.4, 0.5) is 0 Å². The number of hydrogen-bond acceptors (Lipinski definition) is 5. The number of ether oxygens (including phenoxy) is 1. The fourth-order valence-corrected chi connectivity index (χ4v) is 4.39. The highest BCUT2D eigenvalue weighted by atomic mass is 28.4. The van der Waals surface area contributed by atoms with Gasteiger partial charge in [-0.1, -0.05) is 51.9 Å². The number of rotatable bonds is 14. The monoisotopic (exact) mass is 334 g/mol. The van der Waals surface area contributed by atoms with Crippen molar-refractivity contribution >= 4 is 14.8 Å². The molecule has 0 bridgehead atoms. The largest absolute Gasteiger partial charge is 0.514 e. The van der Waals surface area contributed by atoms with Gasteiger partial charge in [0.15, 0.2) is 0 Å². The third-order valence-corrected chi connectivity index (χ3v) is 6.98. The van der Waals surface area contributed by atoms with Crippen LogP contribution < -0.4 is 0 Å². The van der Waals surface area contributed by atoms with Crippen molar-refractivity contribution in [3.8, 4) is 0 Å². The first-order chi connectivity index (χ1) is 10.6. The highest BCUT2D eigenvalue weighted by Gasteiger charge is 2.49. The van der Waals surface area contributed by atoms with E-state index in [4.69, 9.17) is 18.0 Å². The minimum absolute atomic E-state index is 0.305. The zero-order chi connectivity index (χ0) is 16.8. The molecule has 1 unspecified atom stereocenters. The van der Waals surface area contributed by atoms with Gasteiger partial charge in [-0.05, 0) is 13.3 Å². The normalized spacial score (nSPS) is 13.1. The highest BCUT2D eigenvalue weighted by Crippen LogP contribution is 2.25. The summed E-state index contributed by atoms with van der Waals surface area (Å²) in [5.41, 5.74) is -0.512. The Labute approximate surface area is 137 Å². The van der Waals surface area contributed by atoms with Gasteiger partial charge in [0.25, 0.3) is 0 Å². The molecule has 0 aliphatic rings. The maximum absolute atomic E-state index is 12.0. The first-order valence-corrected chi connectivity index (χ1v) is 10.2. The zero-order valence-corrected chi connectivity index (χ0v) is 16.0. The van der Waals surface area contributed by atoms with E-state index in [0.717, 1.165) is 12.8 Å². The molecular weight excluding hydrogens is 300 g/mol. The summed E-state index contributed by atoms with van der Waals surface area (Å²) < 4.78 is 21.2. The molecule has 0 amide bonds. The van der Waals surface area contributed by atoms with E-state index in [1.165, 1.54) is 59.9 Å². The molecule has 0 saturated carbocycles. The Morgan fingerprint density at radius 1 is 0.864 bits per heavy atom. The smallest absolute Gasteiger partial charge is 0.465 e. The van der Waals surface area contributed by atoms with Gasteiger partial charge in [0, 0.05) is 21.3 Å². The number of hydrogen-bond donors (Lipinski definition) is 0. The van der Waals surface area contributed by atoms with Gasteiger partial charge in [-0.3, -0.25) is 4.79 Å². The second-order valence-corrected chi connectivity index (χ2v) is 8.88. The van der Waals surface area contributed by atoms with Crippen molar-refractivity contribution in [3.05, 3.63) is 0 Å². The molecule has 0 heterocycles. The predicted octanol–water partition coefficient (Wildman–Crippen LogP) is 3.94. The van der Waals surface area contributed by atoms with Crippen LogP contribution in [0.25, 0.3) is 0 Å². The molecule has 0 aromatic heterocycles. The fraction of sp³-hybridized carbons (Fsp3) is 0.938. The Balaban J connectivity index is 3.80. The summed E-state index contributed by atoms with van der Waals surface area (Å²) in [7, 11) is 1.55. The molecule has 1 atom stereocenters. The van der Waals surface area contributed by atoms with Crippen LogP contribution in [-0.4, -0.2) is 42.7 Å². The lowest BCUT2D eigenvalue weighted by molar-refractivity contribution is -0.144.